The Morgan fingerprint density at radius 1 is 0.967 bits per heavy atom. The van der Waals surface area contributed by atoms with Gasteiger partial charge >= 0.3 is 0 Å². The molecule has 0 aliphatic carbocycles. The highest BCUT2D eigenvalue weighted by Gasteiger charge is 2.12. The van der Waals surface area contributed by atoms with Gasteiger partial charge in [-0.2, -0.15) is 5.26 Å². The van der Waals surface area contributed by atoms with E-state index < -0.39 is 11.9 Å². The van der Waals surface area contributed by atoms with Crippen molar-refractivity contribution in [1.29, 1.82) is 5.26 Å². The van der Waals surface area contributed by atoms with Crippen LogP contribution < -0.4 is 15.2 Å². The number of nitriles is 1. The molecule has 0 saturated heterocycles. The quantitative estimate of drug-likeness (QED) is 0.487. The van der Waals surface area contributed by atoms with Crippen LogP contribution in [-0.4, -0.2) is 11.9 Å². The third kappa shape index (κ3) is 5.33. The van der Waals surface area contributed by atoms with E-state index in [1.165, 1.54) is 24.3 Å². The van der Waals surface area contributed by atoms with Gasteiger partial charge in [-0.3, -0.25) is 4.79 Å². The lowest BCUT2D eigenvalue weighted by atomic mass is 10.1. The van der Waals surface area contributed by atoms with Crippen LogP contribution >= 0.6 is 0 Å². The summed E-state index contributed by atoms with van der Waals surface area (Å²) in [6.07, 6.45) is 1.41. The highest BCUT2D eigenvalue weighted by Crippen LogP contribution is 2.18. The minimum atomic E-state index is -1.42. The van der Waals surface area contributed by atoms with Crippen LogP contribution in [0.4, 0.5) is 5.69 Å². The average Bonchev–Trinajstić information content (AvgIpc) is 2.77. The molecule has 0 radical (unpaired) electrons. The van der Waals surface area contributed by atoms with E-state index in [1.54, 1.807) is 30.3 Å². The van der Waals surface area contributed by atoms with Gasteiger partial charge in [0.25, 0.3) is 5.91 Å². The predicted molar refractivity (Wildman–Crippen MR) is 110 cm³/mol. The Morgan fingerprint density at radius 3 is 2.30 bits per heavy atom. The summed E-state index contributed by atoms with van der Waals surface area (Å²) in [5, 5.41) is 22.9. The number of hydrogen-bond donors (Lipinski definition) is 1. The molecule has 0 fully saturated rings. The van der Waals surface area contributed by atoms with Gasteiger partial charge in [-0.25, -0.2) is 0 Å². The van der Waals surface area contributed by atoms with Crippen molar-refractivity contribution in [1.82, 2.24) is 0 Å². The first-order valence-electron chi connectivity index (χ1n) is 9.07. The van der Waals surface area contributed by atoms with Gasteiger partial charge in [0.15, 0.2) is 0 Å². The number of rotatable bonds is 7. The summed E-state index contributed by atoms with van der Waals surface area (Å²) in [6.45, 7) is 0.430. The summed E-state index contributed by atoms with van der Waals surface area (Å²) in [5.74, 6) is -1.48. The van der Waals surface area contributed by atoms with Gasteiger partial charge < -0.3 is 20.0 Å². The summed E-state index contributed by atoms with van der Waals surface area (Å²) in [4.78, 5) is 23.6. The Balaban J connectivity index is 1.69. The van der Waals surface area contributed by atoms with Crippen LogP contribution in [0, 0.1) is 11.3 Å². The number of amides is 1. The molecular weight excluding hydrogens is 380 g/mol. The van der Waals surface area contributed by atoms with Crippen molar-refractivity contribution in [2.75, 3.05) is 5.32 Å². The Hall–Kier alpha value is -4.37. The van der Waals surface area contributed by atoms with Crippen LogP contribution in [0.2, 0.25) is 0 Å². The lowest BCUT2D eigenvalue weighted by molar-refractivity contribution is -0.254. The maximum absolute atomic E-state index is 12.4. The summed E-state index contributed by atoms with van der Waals surface area (Å²) in [7, 11) is 0. The Labute approximate surface area is 173 Å². The van der Waals surface area contributed by atoms with Crippen LogP contribution in [-0.2, 0) is 11.4 Å². The summed E-state index contributed by atoms with van der Waals surface area (Å²) in [6, 6.07) is 24.3. The van der Waals surface area contributed by atoms with Crippen molar-refractivity contribution < 1.29 is 19.4 Å². The van der Waals surface area contributed by atoms with Crippen molar-refractivity contribution in [3.8, 4) is 11.8 Å². The molecule has 1 N–H and O–H groups in total. The van der Waals surface area contributed by atoms with Crippen LogP contribution in [0.25, 0.3) is 6.08 Å². The van der Waals surface area contributed by atoms with E-state index in [1.807, 2.05) is 36.4 Å². The maximum atomic E-state index is 12.4. The minimum absolute atomic E-state index is 0.0632. The first-order chi connectivity index (χ1) is 14.6. The molecule has 3 aromatic carbocycles. The highest BCUT2D eigenvalue weighted by molar-refractivity contribution is 6.11. The first kappa shape index (κ1) is 20.4. The smallest absolute Gasteiger partial charge is 0.266 e. The maximum Gasteiger partial charge on any atom is 0.266 e. The molecule has 0 aliphatic rings. The van der Waals surface area contributed by atoms with Crippen molar-refractivity contribution in [3.05, 3.63) is 101 Å². The van der Waals surface area contributed by atoms with Crippen molar-refractivity contribution in [2.24, 2.45) is 0 Å². The molecule has 0 aliphatic heterocycles. The number of benzene rings is 3. The lowest BCUT2D eigenvalue weighted by Gasteiger charge is -2.11. The van der Waals surface area contributed by atoms with Crippen LogP contribution in [0.1, 0.15) is 21.5 Å². The van der Waals surface area contributed by atoms with Gasteiger partial charge in [0.05, 0.1) is 11.7 Å². The monoisotopic (exact) mass is 397 g/mol. The fourth-order valence-electron chi connectivity index (χ4n) is 2.68. The van der Waals surface area contributed by atoms with Gasteiger partial charge in [0.1, 0.15) is 24.0 Å². The number of ether oxygens (including phenoxy) is 1. The number of hydrogen-bond acceptors (Lipinski definition) is 5. The number of carboxylic acid groups (broad SMARTS) is 1. The van der Waals surface area contributed by atoms with Gasteiger partial charge in [-0.05, 0) is 35.4 Å². The molecule has 0 aromatic heterocycles. The highest BCUT2D eigenvalue weighted by atomic mass is 16.5. The number of aromatic carboxylic acids is 1. The zero-order chi connectivity index (χ0) is 21.3. The van der Waals surface area contributed by atoms with E-state index in [9.17, 15) is 20.0 Å². The van der Waals surface area contributed by atoms with E-state index in [-0.39, 0.29) is 16.8 Å². The first-order valence-corrected chi connectivity index (χ1v) is 9.07. The number of carbonyl (C=O) groups is 2. The largest absolute Gasteiger partial charge is 0.545 e. The van der Waals surface area contributed by atoms with Gasteiger partial charge in [0.2, 0.25) is 0 Å². The summed E-state index contributed by atoms with van der Waals surface area (Å²) in [5.41, 5.74) is 1.40. The Morgan fingerprint density at radius 2 is 1.63 bits per heavy atom. The second-order valence-corrected chi connectivity index (χ2v) is 6.30. The molecule has 0 spiro atoms. The molecule has 0 heterocycles. The van der Waals surface area contributed by atoms with Gasteiger partial charge in [-0.1, -0.05) is 60.7 Å². The van der Waals surface area contributed by atoms with E-state index >= 15 is 0 Å². The number of nitrogens with zero attached hydrogens (tertiary/aromatic N) is 1. The molecule has 30 heavy (non-hydrogen) atoms. The molecule has 6 nitrogen and oxygen atoms in total. The topological polar surface area (TPSA) is 102 Å². The molecule has 148 valence electrons. The van der Waals surface area contributed by atoms with E-state index in [0.29, 0.717) is 17.9 Å². The second-order valence-electron chi connectivity index (χ2n) is 6.30. The molecule has 0 atom stereocenters. The molecule has 0 bridgehead atoms. The van der Waals surface area contributed by atoms with Gasteiger partial charge in [-0.15, -0.1) is 0 Å². The zero-order valence-corrected chi connectivity index (χ0v) is 15.9. The molecule has 6 heteroatoms. The fourth-order valence-corrected chi connectivity index (χ4v) is 2.68. The predicted octanol–water partition coefficient (Wildman–Crippen LogP) is 3.17. The van der Waals surface area contributed by atoms with Crippen molar-refractivity contribution in [2.45, 2.75) is 6.61 Å². The SMILES string of the molecule is N#C/C(=C\c1ccc(OCc2ccccc2)cc1)C(=O)Nc1ccccc1C(=O)[O-]. The van der Waals surface area contributed by atoms with Crippen molar-refractivity contribution in [3.63, 3.8) is 0 Å². The zero-order valence-electron chi connectivity index (χ0n) is 15.9. The molecule has 1 amide bonds. The summed E-state index contributed by atoms with van der Waals surface area (Å²) < 4.78 is 5.71. The third-order valence-corrected chi connectivity index (χ3v) is 4.20. The summed E-state index contributed by atoms with van der Waals surface area (Å²) >= 11 is 0. The molecule has 3 aromatic rings. The number of anilines is 1. The van der Waals surface area contributed by atoms with Crippen LogP contribution in [0.15, 0.2) is 84.4 Å². The normalized spacial score (nSPS) is 10.7. The van der Waals surface area contributed by atoms with Crippen molar-refractivity contribution >= 4 is 23.6 Å². The number of carbonyl (C=O) groups excluding carboxylic acids is 2. The average molecular weight is 397 g/mol. The fraction of sp³-hybridized carbons (Fsp3) is 0.0417. The van der Waals surface area contributed by atoms with E-state index in [0.717, 1.165) is 5.56 Å². The Kier molecular flexibility index (Phi) is 6.59. The number of para-hydroxylation sites is 1. The lowest BCUT2D eigenvalue weighted by Crippen LogP contribution is -2.25. The van der Waals surface area contributed by atoms with Crippen LogP contribution in [0.3, 0.4) is 0 Å². The molecular formula is C24H17N2O4-. The minimum Gasteiger partial charge on any atom is -0.545 e. The number of carboxylic acids is 1. The molecule has 0 saturated carbocycles. The second kappa shape index (κ2) is 9.71. The Bertz CT molecular complexity index is 1110. The van der Waals surface area contributed by atoms with Gasteiger partial charge in [0, 0.05) is 5.56 Å². The molecule has 0 unspecified atom stereocenters. The molecule has 3 rings (SSSR count). The van der Waals surface area contributed by atoms with Crippen LogP contribution in [0.5, 0.6) is 5.75 Å². The standard InChI is InChI=1S/C24H18N2O4/c25-15-19(23(27)26-22-9-5-4-8-21(22)24(28)29)14-17-10-12-20(13-11-17)30-16-18-6-2-1-3-7-18/h1-14H,16H2,(H,26,27)(H,28,29)/p-1/b19-14+. The van der Waals surface area contributed by atoms with E-state index in [2.05, 4.69) is 5.32 Å². The third-order valence-electron chi connectivity index (χ3n) is 4.20. The number of nitrogens with one attached hydrogen (secondary N) is 1. The van der Waals surface area contributed by atoms with E-state index in [4.69, 9.17) is 4.74 Å².